The molecule has 0 spiro atoms. The van der Waals surface area contributed by atoms with Gasteiger partial charge in [0.15, 0.2) is 6.23 Å². The minimum Gasteiger partial charge on any atom is -0.486 e. The van der Waals surface area contributed by atoms with E-state index in [0.717, 1.165) is 41.4 Å². The molecule has 8 nitrogen and oxygen atoms in total. The molecule has 4 aromatic rings. The average molecular weight is 514 g/mol. The van der Waals surface area contributed by atoms with Crippen molar-refractivity contribution in [2.45, 2.75) is 38.5 Å². The summed E-state index contributed by atoms with van der Waals surface area (Å²) in [6, 6.07) is 7.67. The predicted octanol–water partition coefficient (Wildman–Crippen LogP) is 6.23. The van der Waals surface area contributed by atoms with Crippen LogP contribution in [-0.4, -0.2) is 33.5 Å². The molecule has 2 atom stereocenters. The number of nitrogen functional groups attached to an aromatic ring is 1. The van der Waals surface area contributed by atoms with E-state index >= 15 is 0 Å². The van der Waals surface area contributed by atoms with Crippen LogP contribution in [0.15, 0.2) is 42.9 Å². The van der Waals surface area contributed by atoms with Crippen molar-refractivity contribution in [1.82, 2.24) is 19.7 Å². The predicted molar refractivity (Wildman–Crippen MR) is 136 cm³/mol. The average Bonchev–Trinajstić information content (AvgIpc) is 3.23. The third-order valence-corrected chi connectivity index (χ3v) is 6.66. The Balaban J connectivity index is 1.58. The molecule has 3 aromatic heterocycles. The van der Waals surface area contributed by atoms with Crippen LogP contribution >= 0.6 is 23.2 Å². The van der Waals surface area contributed by atoms with E-state index in [-0.39, 0.29) is 6.23 Å². The van der Waals surface area contributed by atoms with E-state index in [2.05, 4.69) is 9.97 Å². The third kappa shape index (κ3) is 4.61. The summed E-state index contributed by atoms with van der Waals surface area (Å²) in [5.41, 5.74) is 9.70. The lowest BCUT2D eigenvalue weighted by Crippen LogP contribution is -2.19. The molecule has 1 aliphatic heterocycles. The zero-order chi connectivity index (χ0) is 24.5. The molecule has 35 heavy (non-hydrogen) atoms. The van der Waals surface area contributed by atoms with Gasteiger partial charge < -0.3 is 19.9 Å². The van der Waals surface area contributed by atoms with E-state index in [4.69, 9.17) is 48.2 Å². The van der Waals surface area contributed by atoms with E-state index in [1.54, 1.807) is 18.6 Å². The number of fused-ring (bicyclic) bond motifs is 1. The van der Waals surface area contributed by atoms with Crippen LogP contribution in [0.3, 0.4) is 0 Å². The molecule has 0 bridgehead atoms. The quantitative estimate of drug-likeness (QED) is 0.326. The Bertz CT molecular complexity index is 1350. The Morgan fingerprint density at radius 2 is 1.94 bits per heavy atom. The van der Waals surface area contributed by atoms with Crippen LogP contribution in [0.5, 0.6) is 11.6 Å². The van der Waals surface area contributed by atoms with Gasteiger partial charge in [0.2, 0.25) is 5.88 Å². The van der Waals surface area contributed by atoms with Crippen LogP contribution in [-0.2, 0) is 4.74 Å². The Hall–Kier alpha value is -3.07. The first-order chi connectivity index (χ1) is 17.0. The third-order valence-electron chi connectivity index (χ3n) is 6.06. The largest absolute Gasteiger partial charge is 0.486 e. The first-order valence-corrected chi connectivity index (χ1v) is 12.1. The molecule has 182 valence electrons. The number of anilines is 1. The fourth-order valence-corrected chi connectivity index (χ4v) is 5.06. The van der Waals surface area contributed by atoms with Gasteiger partial charge in [-0.25, -0.2) is 9.67 Å². The number of methoxy groups -OCH3 is 1. The van der Waals surface area contributed by atoms with Gasteiger partial charge in [-0.05, 0) is 50.5 Å². The maximum Gasteiger partial charge on any atom is 0.236 e. The van der Waals surface area contributed by atoms with Gasteiger partial charge in [-0.15, -0.1) is 0 Å². The van der Waals surface area contributed by atoms with Gasteiger partial charge >= 0.3 is 0 Å². The first-order valence-electron chi connectivity index (χ1n) is 11.4. The van der Waals surface area contributed by atoms with E-state index in [9.17, 15) is 0 Å². The molecule has 10 heteroatoms. The molecule has 1 unspecified atom stereocenters. The standard InChI is InChI=1S/C25H25Cl2N5O3/c1-14(23-18(26)12-29-13-19(23)27)35-16-6-7-21-17(10-16)24(15-9-20(28)25(33-2)30-11-15)31-32(21)22-5-3-4-8-34-22/h6-7,9-14,22H,3-5,8,28H2,1-2H3/t14-,22?/m1/s1. The maximum absolute atomic E-state index is 6.34. The summed E-state index contributed by atoms with van der Waals surface area (Å²) in [5.74, 6) is 1.02. The van der Waals surface area contributed by atoms with Gasteiger partial charge in [0.05, 0.1) is 28.4 Å². The number of ether oxygens (including phenoxy) is 3. The normalized spacial score (nSPS) is 16.9. The molecule has 1 saturated heterocycles. The summed E-state index contributed by atoms with van der Waals surface area (Å²) in [6.45, 7) is 2.61. The molecule has 1 fully saturated rings. The van der Waals surface area contributed by atoms with Crippen LogP contribution in [0, 0.1) is 0 Å². The lowest BCUT2D eigenvalue weighted by molar-refractivity contribution is -0.0365. The van der Waals surface area contributed by atoms with Gasteiger partial charge in [-0.1, -0.05) is 23.2 Å². The molecule has 5 rings (SSSR count). The highest BCUT2D eigenvalue weighted by Crippen LogP contribution is 2.38. The van der Waals surface area contributed by atoms with E-state index in [0.29, 0.717) is 39.5 Å². The number of aromatic nitrogens is 4. The molecular weight excluding hydrogens is 489 g/mol. The Labute approximate surface area is 212 Å². The highest BCUT2D eigenvalue weighted by molar-refractivity contribution is 6.35. The summed E-state index contributed by atoms with van der Waals surface area (Å²) in [5, 5.41) is 6.73. The van der Waals surface area contributed by atoms with Crippen LogP contribution < -0.4 is 15.2 Å². The summed E-state index contributed by atoms with van der Waals surface area (Å²) >= 11 is 12.7. The number of nitrogens with two attached hydrogens (primary N) is 1. The summed E-state index contributed by atoms with van der Waals surface area (Å²) in [4.78, 5) is 8.36. The fraction of sp³-hybridized carbons (Fsp3) is 0.320. The summed E-state index contributed by atoms with van der Waals surface area (Å²) < 4.78 is 19.4. The fourth-order valence-electron chi connectivity index (χ4n) is 4.38. The van der Waals surface area contributed by atoms with Gasteiger partial charge in [0.1, 0.15) is 17.5 Å². The number of rotatable bonds is 6. The van der Waals surface area contributed by atoms with Crippen molar-refractivity contribution in [3.63, 3.8) is 0 Å². The second-order valence-corrected chi connectivity index (χ2v) is 9.21. The lowest BCUT2D eigenvalue weighted by Gasteiger charge is -2.23. The van der Waals surface area contributed by atoms with E-state index in [1.807, 2.05) is 35.9 Å². The number of pyridine rings is 2. The van der Waals surface area contributed by atoms with Crippen LogP contribution in [0.2, 0.25) is 10.0 Å². The molecule has 4 heterocycles. The molecule has 1 aliphatic rings. The Morgan fingerprint density at radius 3 is 2.63 bits per heavy atom. The molecule has 0 amide bonds. The number of halogens is 2. The molecule has 0 saturated carbocycles. The van der Waals surface area contributed by atoms with E-state index < -0.39 is 6.10 Å². The second kappa shape index (κ2) is 9.89. The van der Waals surface area contributed by atoms with Gasteiger partial charge in [0, 0.05) is 41.7 Å². The number of benzene rings is 1. The first kappa shape index (κ1) is 23.7. The minimum absolute atomic E-state index is 0.135. The Morgan fingerprint density at radius 1 is 1.14 bits per heavy atom. The van der Waals surface area contributed by atoms with Crippen LogP contribution in [0.1, 0.15) is 44.1 Å². The molecule has 2 N–H and O–H groups in total. The lowest BCUT2D eigenvalue weighted by atomic mass is 10.1. The van der Waals surface area contributed by atoms with Crippen molar-refractivity contribution in [2.24, 2.45) is 0 Å². The maximum atomic E-state index is 6.34. The molecule has 1 aromatic carbocycles. The number of hydrogen-bond donors (Lipinski definition) is 1. The second-order valence-electron chi connectivity index (χ2n) is 8.39. The molecular formula is C25H25Cl2N5O3. The van der Waals surface area contributed by atoms with E-state index in [1.165, 1.54) is 7.11 Å². The van der Waals surface area contributed by atoms with Crippen molar-refractivity contribution < 1.29 is 14.2 Å². The smallest absolute Gasteiger partial charge is 0.236 e. The van der Waals surface area contributed by atoms with Crippen molar-refractivity contribution in [2.75, 3.05) is 19.5 Å². The number of nitrogens with zero attached hydrogens (tertiary/aromatic N) is 4. The summed E-state index contributed by atoms with van der Waals surface area (Å²) in [6.07, 6.45) is 7.32. The van der Waals surface area contributed by atoms with Gasteiger partial charge in [-0.2, -0.15) is 5.10 Å². The van der Waals surface area contributed by atoms with Gasteiger partial charge in [-0.3, -0.25) is 4.98 Å². The van der Waals surface area contributed by atoms with Gasteiger partial charge in [0.25, 0.3) is 0 Å². The number of hydrogen-bond acceptors (Lipinski definition) is 7. The summed E-state index contributed by atoms with van der Waals surface area (Å²) in [7, 11) is 1.54. The topological polar surface area (TPSA) is 97.3 Å². The van der Waals surface area contributed by atoms with Crippen LogP contribution in [0.4, 0.5) is 5.69 Å². The monoisotopic (exact) mass is 513 g/mol. The van der Waals surface area contributed by atoms with Crippen molar-refractivity contribution in [3.05, 3.63) is 58.5 Å². The minimum atomic E-state index is -0.395. The zero-order valence-electron chi connectivity index (χ0n) is 19.4. The SMILES string of the molecule is COc1ncc(-c2nn(C3CCCCO3)c3ccc(O[C@H](C)c4c(Cl)cncc4Cl)cc23)cc1N. The van der Waals surface area contributed by atoms with Crippen molar-refractivity contribution >= 4 is 39.8 Å². The van der Waals surface area contributed by atoms with Crippen LogP contribution in [0.25, 0.3) is 22.2 Å². The van der Waals surface area contributed by atoms with Crippen molar-refractivity contribution in [3.8, 4) is 22.9 Å². The van der Waals surface area contributed by atoms with Crippen molar-refractivity contribution in [1.29, 1.82) is 0 Å². The molecule has 0 radical (unpaired) electrons. The Kier molecular flexibility index (Phi) is 6.69. The highest BCUT2D eigenvalue weighted by Gasteiger charge is 2.23. The highest BCUT2D eigenvalue weighted by atomic mass is 35.5. The zero-order valence-corrected chi connectivity index (χ0v) is 20.9. The molecule has 0 aliphatic carbocycles.